The highest BCUT2D eigenvalue weighted by molar-refractivity contribution is 5.44. The monoisotopic (exact) mass is 263 g/mol. The van der Waals surface area contributed by atoms with Crippen LogP contribution in [0.4, 0.5) is 14.5 Å². The third kappa shape index (κ3) is 3.95. The lowest BCUT2D eigenvalue weighted by Gasteiger charge is -2.09. The van der Waals surface area contributed by atoms with E-state index in [9.17, 15) is 8.78 Å². The van der Waals surface area contributed by atoms with E-state index < -0.39 is 11.6 Å². The number of halogens is 2. The van der Waals surface area contributed by atoms with Crippen molar-refractivity contribution in [3.8, 4) is 5.75 Å². The fraction of sp³-hybridized carbons (Fsp3) is 0.200. The number of anilines is 1. The largest absolute Gasteiger partial charge is 0.489 e. The summed E-state index contributed by atoms with van der Waals surface area (Å²) in [5.74, 6) is -1.13. The highest BCUT2D eigenvalue weighted by atomic mass is 19.1. The first kappa shape index (κ1) is 13.3. The van der Waals surface area contributed by atoms with Crippen LogP contribution in [-0.4, -0.2) is 13.2 Å². The Kier molecular flexibility index (Phi) is 4.34. The maximum Gasteiger partial charge on any atom is 0.165 e. The van der Waals surface area contributed by atoms with Gasteiger partial charge in [0.1, 0.15) is 12.4 Å². The Balaban J connectivity index is 1.80. The van der Waals surface area contributed by atoms with Crippen LogP contribution in [0.5, 0.6) is 5.75 Å². The van der Waals surface area contributed by atoms with Crippen LogP contribution in [0.15, 0.2) is 42.5 Å². The van der Waals surface area contributed by atoms with Gasteiger partial charge in [-0.2, -0.15) is 0 Å². The topological polar surface area (TPSA) is 21.3 Å². The molecule has 0 aliphatic carbocycles. The molecule has 0 radical (unpaired) electrons. The summed E-state index contributed by atoms with van der Waals surface area (Å²) >= 11 is 0. The predicted octanol–water partition coefficient (Wildman–Crippen LogP) is 3.76. The molecule has 19 heavy (non-hydrogen) atoms. The van der Waals surface area contributed by atoms with E-state index in [1.807, 2.05) is 31.2 Å². The second-order valence-electron chi connectivity index (χ2n) is 4.22. The van der Waals surface area contributed by atoms with Gasteiger partial charge in [-0.15, -0.1) is 0 Å². The lowest BCUT2D eigenvalue weighted by atomic mass is 10.2. The van der Waals surface area contributed by atoms with Gasteiger partial charge in [-0.3, -0.25) is 0 Å². The molecule has 0 unspecified atom stereocenters. The van der Waals surface area contributed by atoms with E-state index in [0.29, 0.717) is 6.54 Å². The number of rotatable bonds is 5. The van der Waals surface area contributed by atoms with Gasteiger partial charge in [-0.25, -0.2) is 8.78 Å². The van der Waals surface area contributed by atoms with E-state index in [-0.39, 0.29) is 12.4 Å². The summed E-state index contributed by atoms with van der Waals surface area (Å²) in [7, 11) is 0. The molecule has 0 fully saturated rings. The number of aryl methyl sites for hydroxylation is 1. The summed E-state index contributed by atoms with van der Waals surface area (Å²) in [6.07, 6.45) is 0. The van der Waals surface area contributed by atoms with Crippen molar-refractivity contribution in [2.45, 2.75) is 6.92 Å². The van der Waals surface area contributed by atoms with E-state index in [0.717, 1.165) is 23.9 Å². The van der Waals surface area contributed by atoms with Gasteiger partial charge in [0, 0.05) is 18.3 Å². The predicted molar refractivity (Wildman–Crippen MR) is 71.5 cm³/mol. The third-order valence-electron chi connectivity index (χ3n) is 2.63. The van der Waals surface area contributed by atoms with Crippen molar-refractivity contribution in [2.75, 3.05) is 18.5 Å². The SMILES string of the molecule is Cc1ccc(NCCOc2cc(F)ccc2F)cc1. The number of benzene rings is 2. The van der Waals surface area contributed by atoms with Crippen LogP contribution in [0, 0.1) is 18.6 Å². The quantitative estimate of drug-likeness (QED) is 0.829. The van der Waals surface area contributed by atoms with E-state index >= 15 is 0 Å². The zero-order valence-electron chi connectivity index (χ0n) is 10.6. The van der Waals surface area contributed by atoms with Crippen molar-refractivity contribution in [3.05, 3.63) is 59.7 Å². The van der Waals surface area contributed by atoms with Crippen LogP contribution in [0.3, 0.4) is 0 Å². The summed E-state index contributed by atoms with van der Waals surface area (Å²) in [6, 6.07) is 11.1. The Morgan fingerprint density at radius 2 is 1.79 bits per heavy atom. The molecule has 2 nitrogen and oxygen atoms in total. The van der Waals surface area contributed by atoms with Gasteiger partial charge in [0.25, 0.3) is 0 Å². The van der Waals surface area contributed by atoms with Gasteiger partial charge in [-0.05, 0) is 31.2 Å². The number of hydrogen-bond donors (Lipinski definition) is 1. The van der Waals surface area contributed by atoms with Gasteiger partial charge in [0.15, 0.2) is 11.6 Å². The molecule has 1 N–H and O–H groups in total. The van der Waals surface area contributed by atoms with Crippen LogP contribution in [-0.2, 0) is 0 Å². The zero-order chi connectivity index (χ0) is 13.7. The lowest BCUT2D eigenvalue weighted by molar-refractivity contribution is 0.313. The molecule has 0 spiro atoms. The van der Waals surface area contributed by atoms with Crippen molar-refractivity contribution in [1.82, 2.24) is 0 Å². The van der Waals surface area contributed by atoms with Crippen molar-refractivity contribution in [2.24, 2.45) is 0 Å². The Morgan fingerprint density at radius 3 is 2.53 bits per heavy atom. The summed E-state index contributed by atoms with van der Waals surface area (Å²) in [5, 5.41) is 3.13. The maximum atomic E-state index is 13.3. The first-order chi connectivity index (χ1) is 9.15. The Bertz CT molecular complexity index is 540. The molecule has 100 valence electrons. The number of ether oxygens (including phenoxy) is 1. The molecule has 0 aliphatic rings. The smallest absolute Gasteiger partial charge is 0.165 e. The van der Waals surface area contributed by atoms with Crippen LogP contribution in [0.1, 0.15) is 5.56 Å². The third-order valence-corrected chi connectivity index (χ3v) is 2.63. The molecule has 2 aromatic carbocycles. The fourth-order valence-corrected chi connectivity index (χ4v) is 1.62. The Morgan fingerprint density at radius 1 is 1.05 bits per heavy atom. The molecule has 2 aromatic rings. The molecular formula is C15H15F2NO. The normalized spacial score (nSPS) is 10.3. The van der Waals surface area contributed by atoms with Gasteiger partial charge in [-0.1, -0.05) is 17.7 Å². The molecule has 0 aromatic heterocycles. The van der Waals surface area contributed by atoms with Gasteiger partial charge in [0.05, 0.1) is 0 Å². The molecule has 0 saturated heterocycles. The molecule has 2 rings (SSSR count). The molecule has 0 atom stereocenters. The lowest BCUT2D eigenvalue weighted by Crippen LogP contribution is -2.12. The van der Waals surface area contributed by atoms with Crippen molar-refractivity contribution in [1.29, 1.82) is 0 Å². The van der Waals surface area contributed by atoms with Crippen molar-refractivity contribution in [3.63, 3.8) is 0 Å². The number of hydrogen-bond acceptors (Lipinski definition) is 2. The number of nitrogens with one attached hydrogen (secondary N) is 1. The van der Waals surface area contributed by atoms with E-state index in [1.165, 1.54) is 5.56 Å². The highest BCUT2D eigenvalue weighted by Gasteiger charge is 2.04. The van der Waals surface area contributed by atoms with E-state index in [4.69, 9.17) is 4.74 Å². The Labute approximate surface area is 111 Å². The van der Waals surface area contributed by atoms with Crippen LogP contribution in [0.25, 0.3) is 0 Å². The standard InChI is InChI=1S/C15H15F2NO/c1-11-2-5-13(6-3-11)18-8-9-19-15-10-12(16)4-7-14(15)17/h2-7,10,18H,8-9H2,1H3. The first-order valence-electron chi connectivity index (χ1n) is 6.03. The molecule has 0 saturated carbocycles. The van der Waals surface area contributed by atoms with E-state index in [1.54, 1.807) is 0 Å². The fourth-order valence-electron chi connectivity index (χ4n) is 1.62. The minimum atomic E-state index is -0.559. The van der Waals surface area contributed by atoms with Gasteiger partial charge >= 0.3 is 0 Å². The average Bonchev–Trinajstić information content (AvgIpc) is 2.40. The Hall–Kier alpha value is -2.10. The van der Waals surface area contributed by atoms with E-state index in [2.05, 4.69) is 5.32 Å². The molecule has 0 heterocycles. The summed E-state index contributed by atoms with van der Waals surface area (Å²) in [6.45, 7) is 2.78. The van der Waals surface area contributed by atoms with Crippen LogP contribution < -0.4 is 10.1 Å². The summed E-state index contributed by atoms with van der Waals surface area (Å²) < 4.78 is 31.3. The molecule has 0 amide bonds. The van der Waals surface area contributed by atoms with Crippen LogP contribution >= 0.6 is 0 Å². The highest BCUT2D eigenvalue weighted by Crippen LogP contribution is 2.17. The van der Waals surface area contributed by atoms with Gasteiger partial charge < -0.3 is 10.1 Å². The van der Waals surface area contributed by atoms with Gasteiger partial charge in [0.2, 0.25) is 0 Å². The summed E-state index contributed by atoms with van der Waals surface area (Å²) in [5.41, 5.74) is 2.15. The minimum absolute atomic E-state index is 0.0642. The first-order valence-corrected chi connectivity index (χ1v) is 6.03. The van der Waals surface area contributed by atoms with Crippen LogP contribution in [0.2, 0.25) is 0 Å². The van der Waals surface area contributed by atoms with Crippen molar-refractivity contribution < 1.29 is 13.5 Å². The zero-order valence-corrected chi connectivity index (χ0v) is 10.6. The average molecular weight is 263 g/mol. The maximum absolute atomic E-state index is 13.3. The molecule has 0 bridgehead atoms. The molecule has 4 heteroatoms. The molecular weight excluding hydrogens is 248 g/mol. The summed E-state index contributed by atoms with van der Waals surface area (Å²) in [4.78, 5) is 0. The minimum Gasteiger partial charge on any atom is -0.489 e. The second kappa shape index (κ2) is 6.18. The van der Waals surface area contributed by atoms with Crippen molar-refractivity contribution >= 4 is 5.69 Å². The second-order valence-corrected chi connectivity index (χ2v) is 4.22. The molecule has 0 aliphatic heterocycles.